The predicted molar refractivity (Wildman–Crippen MR) is 139 cm³/mol. The molecule has 1 saturated heterocycles. The van der Waals surface area contributed by atoms with Crippen LogP contribution in [0, 0.1) is 0 Å². The average Bonchev–Trinajstić information content (AvgIpc) is 3.21. The van der Waals surface area contributed by atoms with E-state index in [1.54, 1.807) is 12.1 Å². The molecule has 1 atom stereocenters. The molecule has 3 aromatic carbocycles. The van der Waals surface area contributed by atoms with Crippen LogP contribution in [0.15, 0.2) is 78.9 Å². The number of amides is 1. The number of fused-ring (bicyclic) bond motifs is 1. The van der Waals surface area contributed by atoms with E-state index in [1.165, 1.54) is 21.7 Å². The molecule has 0 bridgehead atoms. The van der Waals surface area contributed by atoms with Crippen molar-refractivity contribution in [2.24, 2.45) is 0 Å². The van der Waals surface area contributed by atoms with E-state index in [0.717, 1.165) is 18.7 Å². The first kappa shape index (κ1) is 23.6. The normalized spacial score (nSPS) is 18.7. The van der Waals surface area contributed by atoms with Crippen LogP contribution in [0.25, 0.3) is 0 Å². The van der Waals surface area contributed by atoms with E-state index in [9.17, 15) is 13.2 Å². The van der Waals surface area contributed by atoms with Gasteiger partial charge in [0.05, 0.1) is 18.0 Å². The summed E-state index contributed by atoms with van der Waals surface area (Å²) in [4.78, 5) is 17.7. The second kappa shape index (κ2) is 9.47. The fourth-order valence-electron chi connectivity index (χ4n) is 5.49. The molecule has 2 aliphatic heterocycles. The van der Waals surface area contributed by atoms with E-state index < -0.39 is 10.0 Å². The van der Waals surface area contributed by atoms with Gasteiger partial charge in [0.15, 0.2) is 0 Å². The van der Waals surface area contributed by atoms with Gasteiger partial charge in [0, 0.05) is 37.8 Å². The number of rotatable bonds is 5. The maximum atomic E-state index is 13.4. The van der Waals surface area contributed by atoms with Crippen molar-refractivity contribution in [3.05, 3.63) is 101 Å². The summed E-state index contributed by atoms with van der Waals surface area (Å²) >= 11 is 0. The van der Waals surface area contributed by atoms with Gasteiger partial charge in [-0.05, 0) is 48.2 Å². The standard InChI is InChI=1S/C28H31N3O3S/c1-21-19-25-20-24(13-14-26(25)31(21)35(2,33)34)28(32)30-17-15-29(16-18-30)27(22-9-5-3-6-10-22)23-11-7-4-8-12-23/h3-14,20-21,27H,15-19H2,1-2H3/t21-/m1/s1. The molecule has 35 heavy (non-hydrogen) atoms. The second-order valence-electron chi connectivity index (χ2n) is 9.51. The van der Waals surface area contributed by atoms with Crippen LogP contribution in [-0.4, -0.2) is 62.6 Å². The lowest BCUT2D eigenvalue weighted by Gasteiger charge is -2.40. The van der Waals surface area contributed by atoms with Gasteiger partial charge in [-0.3, -0.25) is 14.0 Å². The largest absolute Gasteiger partial charge is 0.336 e. The fraction of sp³-hybridized carbons (Fsp3) is 0.321. The Kier molecular flexibility index (Phi) is 6.38. The van der Waals surface area contributed by atoms with Crippen molar-refractivity contribution in [2.75, 3.05) is 36.7 Å². The molecule has 0 radical (unpaired) electrons. The Morgan fingerprint density at radius 1 is 0.857 bits per heavy atom. The number of nitrogens with zero attached hydrogens (tertiary/aromatic N) is 3. The maximum absolute atomic E-state index is 13.4. The molecule has 0 aliphatic carbocycles. The minimum Gasteiger partial charge on any atom is -0.336 e. The van der Waals surface area contributed by atoms with Crippen molar-refractivity contribution in [1.29, 1.82) is 0 Å². The van der Waals surface area contributed by atoms with Crippen LogP contribution in [-0.2, 0) is 16.4 Å². The summed E-state index contributed by atoms with van der Waals surface area (Å²) in [6.07, 6.45) is 1.85. The first-order valence-corrected chi connectivity index (χ1v) is 13.9. The smallest absolute Gasteiger partial charge is 0.253 e. The monoisotopic (exact) mass is 489 g/mol. The maximum Gasteiger partial charge on any atom is 0.253 e. The van der Waals surface area contributed by atoms with Gasteiger partial charge in [0.1, 0.15) is 0 Å². The van der Waals surface area contributed by atoms with E-state index in [1.807, 2.05) is 30.0 Å². The highest BCUT2D eigenvalue weighted by molar-refractivity contribution is 7.92. The van der Waals surface area contributed by atoms with Gasteiger partial charge in [0.25, 0.3) is 5.91 Å². The highest BCUT2D eigenvalue weighted by Crippen LogP contribution is 2.35. The summed E-state index contributed by atoms with van der Waals surface area (Å²) in [5, 5.41) is 0. The van der Waals surface area contributed by atoms with Crippen molar-refractivity contribution >= 4 is 21.6 Å². The lowest BCUT2D eigenvalue weighted by molar-refractivity contribution is 0.0597. The zero-order chi connectivity index (χ0) is 24.6. The van der Waals surface area contributed by atoms with E-state index in [-0.39, 0.29) is 18.0 Å². The molecule has 2 aliphatic rings. The van der Waals surface area contributed by atoms with Crippen molar-refractivity contribution in [3.8, 4) is 0 Å². The molecular weight excluding hydrogens is 458 g/mol. The van der Waals surface area contributed by atoms with E-state index in [2.05, 4.69) is 53.4 Å². The number of piperazine rings is 1. The van der Waals surface area contributed by atoms with Gasteiger partial charge < -0.3 is 4.90 Å². The molecule has 1 fully saturated rings. The molecule has 0 saturated carbocycles. The number of hydrogen-bond acceptors (Lipinski definition) is 4. The molecule has 6 nitrogen and oxygen atoms in total. The molecule has 3 aromatic rings. The topological polar surface area (TPSA) is 60.9 Å². The van der Waals surface area contributed by atoms with E-state index >= 15 is 0 Å². The number of sulfonamides is 1. The Hall–Kier alpha value is -3.16. The zero-order valence-electron chi connectivity index (χ0n) is 20.2. The first-order chi connectivity index (χ1) is 16.8. The van der Waals surface area contributed by atoms with Crippen molar-refractivity contribution in [1.82, 2.24) is 9.80 Å². The van der Waals surface area contributed by atoms with Crippen molar-refractivity contribution in [2.45, 2.75) is 25.4 Å². The van der Waals surface area contributed by atoms with Crippen LogP contribution >= 0.6 is 0 Å². The average molecular weight is 490 g/mol. The summed E-state index contributed by atoms with van der Waals surface area (Å²) in [6.45, 7) is 4.77. The lowest BCUT2D eigenvalue weighted by Crippen LogP contribution is -2.49. The fourth-order valence-corrected chi connectivity index (χ4v) is 6.76. The summed E-state index contributed by atoms with van der Waals surface area (Å²) in [5.41, 5.74) is 4.74. The van der Waals surface area contributed by atoms with Crippen LogP contribution in [0.3, 0.4) is 0 Å². The van der Waals surface area contributed by atoms with Crippen LogP contribution in [0.2, 0.25) is 0 Å². The van der Waals surface area contributed by atoms with Gasteiger partial charge in [-0.25, -0.2) is 8.42 Å². The van der Waals surface area contributed by atoms with Crippen LogP contribution in [0.5, 0.6) is 0 Å². The minimum atomic E-state index is -3.35. The Morgan fingerprint density at radius 2 is 1.43 bits per heavy atom. The molecule has 7 heteroatoms. The number of carbonyl (C=O) groups is 1. The van der Waals surface area contributed by atoms with Gasteiger partial charge in [-0.2, -0.15) is 0 Å². The third-order valence-corrected chi connectivity index (χ3v) is 8.31. The quantitative estimate of drug-likeness (QED) is 0.545. The van der Waals surface area contributed by atoms with Gasteiger partial charge in [-0.1, -0.05) is 60.7 Å². The third kappa shape index (κ3) is 4.70. The Balaban J connectivity index is 1.32. The molecule has 182 valence electrons. The van der Waals surface area contributed by atoms with Crippen LogP contribution in [0.1, 0.15) is 40.0 Å². The molecule has 0 aromatic heterocycles. The minimum absolute atomic E-state index is 0.00822. The van der Waals surface area contributed by atoms with Gasteiger partial charge in [0.2, 0.25) is 10.0 Å². The molecule has 2 heterocycles. The summed E-state index contributed by atoms with van der Waals surface area (Å²) in [5.74, 6) is 0.00822. The van der Waals surface area contributed by atoms with Gasteiger partial charge in [-0.15, -0.1) is 0 Å². The molecule has 1 amide bonds. The summed E-state index contributed by atoms with van der Waals surface area (Å²) < 4.78 is 25.9. The number of hydrogen-bond donors (Lipinski definition) is 0. The Bertz CT molecular complexity index is 1260. The second-order valence-corrected chi connectivity index (χ2v) is 11.4. The van der Waals surface area contributed by atoms with Crippen LogP contribution < -0.4 is 4.31 Å². The zero-order valence-corrected chi connectivity index (χ0v) is 21.0. The lowest BCUT2D eigenvalue weighted by atomic mass is 9.96. The summed E-state index contributed by atoms with van der Waals surface area (Å²) in [7, 11) is -3.35. The molecule has 0 N–H and O–H groups in total. The number of benzene rings is 3. The van der Waals surface area contributed by atoms with E-state index in [0.29, 0.717) is 30.8 Å². The van der Waals surface area contributed by atoms with Crippen LogP contribution in [0.4, 0.5) is 5.69 Å². The van der Waals surface area contributed by atoms with E-state index in [4.69, 9.17) is 0 Å². The highest BCUT2D eigenvalue weighted by atomic mass is 32.2. The molecule has 0 spiro atoms. The molecular formula is C28H31N3O3S. The number of carbonyl (C=O) groups excluding carboxylic acids is 1. The Labute approximate surface area is 207 Å². The van der Waals surface area contributed by atoms with Crippen molar-refractivity contribution in [3.63, 3.8) is 0 Å². The first-order valence-electron chi connectivity index (χ1n) is 12.1. The van der Waals surface area contributed by atoms with Crippen molar-refractivity contribution < 1.29 is 13.2 Å². The predicted octanol–water partition coefficient (Wildman–Crippen LogP) is 3.94. The Morgan fingerprint density at radius 3 is 1.97 bits per heavy atom. The number of anilines is 1. The SMILES string of the molecule is C[C@@H]1Cc2cc(C(=O)N3CCN(C(c4ccccc4)c4ccccc4)CC3)ccc2N1S(C)(=O)=O. The van der Waals surface area contributed by atoms with Gasteiger partial charge >= 0.3 is 0 Å². The molecule has 5 rings (SSSR count). The molecule has 0 unspecified atom stereocenters. The summed E-state index contributed by atoms with van der Waals surface area (Å²) in [6, 6.07) is 26.5. The third-order valence-electron chi connectivity index (χ3n) is 7.03. The highest BCUT2D eigenvalue weighted by Gasteiger charge is 2.34.